The maximum absolute atomic E-state index is 3.14. The molecule has 2 aromatic heterocycles. The summed E-state index contributed by atoms with van der Waals surface area (Å²) < 4.78 is 1.58. The second kappa shape index (κ2) is 3.64. The van der Waals surface area contributed by atoms with Gasteiger partial charge in [0.05, 0.1) is 8.07 Å². The predicted octanol–water partition coefficient (Wildman–Crippen LogP) is 3.82. The van der Waals surface area contributed by atoms with E-state index in [4.69, 9.17) is 0 Å². The molecule has 0 spiro atoms. The first kappa shape index (κ1) is 10.1. The SMILES string of the molecule is C[Si](C)(C)c1ccc(-c2cc[c]s2)s1. The number of hydrogen-bond acceptors (Lipinski definition) is 2. The summed E-state index contributed by atoms with van der Waals surface area (Å²) in [4.78, 5) is 2.74. The largest absolute Gasteiger partial charge is 0.144 e. The van der Waals surface area contributed by atoms with Crippen LogP contribution in [-0.2, 0) is 0 Å². The van der Waals surface area contributed by atoms with Gasteiger partial charge >= 0.3 is 0 Å². The molecular formula is C11H13S2Si. The molecule has 0 saturated carbocycles. The molecule has 0 aliphatic carbocycles. The summed E-state index contributed by atoms with van der Waals surface area (Å²) in [5, 5.41) is 3.14. The fraction of sp³-hybridized carbons (Fsp3) is 0.273. The molecule has 0 bridgehead atoms. The van der Waals surface area contributed by atoms with Gasteiger partial charge in [0.1, 0.15) is 0 Å². The van der Waals surface area contributed by atoms with Gasteiger partial charge in [0, 0.05) is 15.1 Å². The minimum Gasteiger partial charge on any atom is -0.144 e. The maximum atomic E-state index is 3.14. The van der Waals surface area contributed by atoms with Crippen LogP contribution >= 0.6 is 22.7 Å². The van der Waals surface area contributed by atoms with Crippen LogP contribution in [0.5, 0.6) is 0 Å². The van der Waals surface area contributed by atoms with E-state index in [0.717, 1.165) is 0 Å². The third-order valence-corrected chi connectivity index (χ3v) is 7.74. The standard InChI is InChI=1S/C11H13S2Si/c1-14(2,3)11-7-6-10(13-11)9-5-4-8-12-9/h4-7H,1-3H3. The predicted molar refractivity (Wildman–Crippen MR) is 69.4 cm³/mol. The summed E-state index contributed by atoms with van der Waals surface area (Å²) in [6.45, 7) is 7.18. The molecule has 0 nitrogen and oxygen atoms in total. The van der Waals surface area contributed by atoms with Gasteiger partial charge in [-0.15, -0.1) is 22.7 Å². The minimum absolute atomic E-state index is 1.11. The van der Waals surface area contributed by atoms with Gasteiger partial charge in [0.15, 0.2) is 0 Å². The zero-order valence-electron chi connectivity index (χ0n) is 8.63. The summed E-state index contributed by atoms with van der Waals surface area (Å²) in [6.07, 6.45) is 0. The Balaban J connectivity index is 2.36. The first-order valence-electron chi connectivity index (χ1n) is 4.64. The lowest BCUT2D eigenvalue weighted by molar-refractivity contribution is 1.79. The van der Waals surface area contributed by atoms with Gasteiger partial charge in [-0.25, -0.2) is 0 Å². The smallest absolute Gasteiger partial charge is 0.0904 e. The highest BCUT2D eigenvalue weighted by atomic mass is 32.1. The normalized spacial score (nSPS) is 11.9. The van der Waals surface area contributed by atoms with Gasteiger partial charge in [-0.05, 0) is 22.7 Å². The van der Waals surface area contributed by atoms with E-state index >= 15 is 0 Å². The average Bonchev–Trinajstić information content (AvgIpc) is 2.73. The van der Waals surface area contributed by atoms with E-state index in [1.807, 2.05) is 17.4 Å². The molecule has 0 saturated heterocycles. The van der Waals surface area contributed by atoms with Crippen LogP contribution in [0.3, 0.4) is 0 Å². The van der Waals surface area contributed by atoms with E-state index in [0.29, 0.717) is 0 Å². The maximum Gasteiger partial charge on any atom is 0.0904 e. The van der Waals surface area contributed by atoms with Crippen molar-refractivity contribution in [3.8, 4) is 9.75 Å². The number of hydrogen-bond donors (Lipinski definition) is 0. The van der Waals surface area contributed by atoms with Crippen molar-refractivity contribution in [1.29, 1.82) is 0 Å². The Morgan fingerprint density at radius 3 is 2.36 bits per heavy atom. The summed E-state index contributed by atoms with van der Waals surface area (Å²) >= 11 is 3.65. The topological polar surface area (TPSA) is 0 Å². The van der Waals surface area contributed by atoms with E-state index in [9.17, 15) is 0 Å². The van der Waals surface area contributed by atoms with Crippen LogP contribution in [-0.4, -0.2) is 8.07 Å². The second-order valence-corrected chi connectivity index (χ2v) is 11.7. The average molecular weight is 237 g/mol. The molecule has 0 aromatic carbocycles. The Hall–Kier alpha value is -0.383. The number of thiophene rings is 2. The van der Waals surface area contributed by atoms with Gasteiger partial charge in [-0.3, -0.25) is 0 Å². The van der Waals surface area contributed by atoms with Gasteiger partial charge in [-0.2, -0.15) is 0 Å². The zero-order valence-corrected chi connectivity index (χ0v) is 11.3. The van der Waals surface area contributed by atoms with Crippen molar-refractivity contribution in [1.82, 2.24) is 0 Å². The van der Waals surface area contributed by atoms with Gasteiger partial charge in [0.25, 0.3) is 0 Å². The van der Waals surface area contributed by atoms with Crippen LogP contribution < -0.4 is 4.50 Å². The summed E-state index contributed by atoms with van der Waals surface area (Å²) in [6, 6.07) is 8.68. The Bertz CT molecular complexity index is 407. The van der Waals surface area contributed by atoms with E-state index < -0.39 is 8.07 Å². The van der Waals surface area contributed by atoms with Crippen molar-refractivity contribution in [3.63, 3.8) is 0 Å². The van der Waals surface area contributed by atoms with E-state index in [1.54, 1.807) is 15.8 Å². The Labute approximate surface area is 94.2 Å². The van der Waals surface area contributed by atoms with Crippen molar-refractivity contribution in [2.24, 2.45) is 0 Å². The Morgan fingerprint density at radius 1 is 1.07 bits per heavy atom. The Morgan fingerprint density at radius 2 is 1.86 bits per heavy atom. The highest BCUT2D eigenvalue weighted by Crippen LogP contribution is 2.28. The van der Waals surface area contributed by atoms with E-state index in [1.165, 1.54) is 9.75 Å². The van der Waals surface area contributed by atoms with Crippen molar-refractivity contribution >= 4 is 35.2 Å². The molecule has 14 heavy (non-hydrogen) atoms. The van der Waals surface area contributed by atoms with Gasteiger partial charge < -0.3 is 0 Å². The van der Waals surface area contributed by atoms with Crippen LogP contribution in [0.4, 0.5) is 0 Å². The van der Waals surface area contributed by atoms with Crippen LogP contribution in [0.15, 0.2) is 24.3 Å². The van der Waals surface area contributed by atoms with Crippen LogP contribution in [0, 0.1) is 5.38 Å². The monoisotopic (exact) mass is 237 g/mol. The van der Waals surface area contributed by atoms with Gasteiger partial charge in [-0.1, -0.05) is 25.7 Å². The van der Waals surface area contributed by atoms with Crippen LogP contribution in [0.2, 0.25) is 19.6 Å². The summed E-state index contributed by atoms with van der Waals surface area (Å²) in [7, 11) is -1.11. The molecule has 0 aliphatic heterocycles. The van der Waals surface area contributed by atoms with Crippen molar-refractivity contribution in [2.75, 3.05) is 0 Å². The van der Waals surface area contributed by atoms with Crippen molar-refractivity contribution in [2.45, 2.75) is 19.6 Å². The first-order valence-corrected chi connectivity index (χ1v) is 9.77. The molecule has 2 heterocycles. The zero-order chi connectivity index (χ0) is 10.2. The highest BCUT2D eigenvalue weighted by molar-refractivity contribution is 7.30. The molecule has 0 fully saturated rings. The fourth-order valence-corrected chi connectivity index (χ4v) is 4.88. The van der Waals surface area contributed by atoms with Crippen LogP contribution in [0.1, 0.15) is 0 Å². The van der Waals surface area contributed by atoms with Gasteiger partial charge in [0.2, 0.25) is 0 Å². The third-order valence-electron chi connectivity index (χ3n) is 2.06. The van der Waals surface area contributed by atoms with Crippen molar-refractivity contribution < 1.29 is 0 Å². The molecule has 2 aromatic rings. The molecule has 0 atom stereocenters. The molecule has 0 unspecified atom stereocenters. The first-order chi connectivity index (χ1) is 6.57. The molecule has 3 heteroatoms. The van der Waals surface area contributed by atoms with Crippen molar-refractivity contribution in [3.05, 3.63) is 29.6 Å². The molecule has 1 radical (unpaired) electrons. The lowest BCUT2D eigenvalue weighted by Crippen LogP contribution is -2.34. The van der Waals surface area contributed by atoms with E-state index in [-0.39, 0.29) is 0 Å². The summed E-state index contributed by atoms with van der Waals surface area (Å²) in [5.41, 5.74) is 0. The molecule has 0 aliphatic rings. The second-order valence-electron chi connectivity index (χ2n) is 4.33. The van der Waals surface area contributed by atoms with Crippen LogP contribution in [0.25, 0.3) is 9.75 Å². The molecule has 0 N–H and O–H groups in total. The molecule has 73 valence electrons. The lowest BCUT2D eigenvalue weighted by Gasteiger charge is -2.12. The third kappa shape index (κ3) is 2.00. The molecule has 2 rings (SSSR count). The highest BCUT2D eigenvalue weighted by Gasteiger charge is 2.18. The molecule has 0 amide bonds. The Kier molecular flexibility index (Phi) is 2.64. The van der Waals surface area contributed by atoms with E-state index in [2.05, 4.69) is 43.2 Å². The lowest BCUT2D eigenvalue weighted by atomic mass is 10.4. The molecular weight excluding hydrogens is 224 g/mol. The minimum atomic E-state index is -1.11. The summed E-state index contributed by atoms with van der Waals surface area (Å²) in [5.74, 6) is 0. The fourth-order valence-electron chi connectivity index (χ4n) is 1.25. The number of rotatable bonds is 2. The quantitative estimate of drug-likeness (QED) is 0.697.